The maximum atomic E-state index is 8.55. The molecule has 1 aromatic carbocycles. The Balaban J connectivity index is 2.75. The van der Waals surface area contributed by atoms with Gasteiger partial charge in [0.25, 0.3) is 0 Å². The molecule has 0 heterocycles. The van der Waals surface area contributed by atoms with Crippen LogP contribution in [0.25, 0.3) is 0 Å². The number of nitrogens with two attached hydrogens (primary N) is 2. The van der Waals surface area contributed by atoms with Crippen molar-refractivity contribution in [2.45, 2.75) is 0 Å². The quantitative estimate of drug-likeness (QED) is 0.486. The molecule has 66 valence electrons. The summed E-state index contributed by atoms with van der Waals surface area (Å²) < 4.78 is 0. The number of anilines is 3. The van der Waals surface area contributed by atoms with E-state index in [-0.39, 0.29) is 6.61 Å². The van der Waals surface area contributed by atoms with Crippen molar-refractivity contribution in [1.82, 2.24) is 0 Å². The molecule has 6 N–H and O–H groups in total. The monoisotopic (exact) mass is 167 g/mol. The molecule has 0 aliphatic rings. The third kappa shape index (κ3) is 2.03. The van der Waals surface area contributed by atoms with Crippen molar-refractivity contribution >= 4 is 17.1 Å². The van der Waals surface area contributed by atoms with Gasteiger partial charge in [-0.25, -0.2) is 0 Å². The second-order valence-electron chi connectivity index (χ2n) is 2.50. The van der Waals surface area contributed by atoms with Crippen LogP contribution in [-0.2, 0) is 0 Å². The third-order valence-corrected chi connectivity index (χ3v) is 1.50. The summed E-state index contributed by atoms with van der Waals surface area (Å²) >= 11 is 0. The number of nitrogens with one attached hydrogen (secondary N) is 1. The lowest BCUT2D eigenvalue weighted by atomic mass is 10.2. The summed E-state index contributed by atoms with van der Waals surface area (Å²) in [5, 5.41) is 11.5. The van der Waals surface area contributed by atoms with Gasteiger partial charge in [-0.3, -0.25) is 0 Å². The fraction of sp³-hybridized carbons (Fsp3) is 0.250. The number of nitrogen functional groups attached to an aromatic ring is 2. The second-order valence-corrected chi connectivity index (χ2v) is 2.50. The summed E-state index contributed by atoms with van der Waals surface area (Å²) in [6.45, 7) is 0.557. The normalized spacial score (nSPS) is 9.75. The zero-order valence-electron chi connectivity index (χ0n) is 6.75. The van der Waals surface area contributed by atoms with Crippen LogP contribution in [0, 0.1) is 0 Å². The summed E-state index contributed by atoms with van der Waals surface area (Å²) in [5.74, 6) is 0. The third-order valence-electron chi connectivity index (χ3n) is 1.50. The highest BCUT2D eigenvalue weighted by Gasteiger charge is 1.97. The number of rotatable bonds is 3. The molecule has 0 aromatic heterocycles. The van der Waals surface area contributed by atoms with Crippen molar-refractivity contribution in [1.29, 1.82) is 0 Å². The van der Waals surface area contributed by atoms with Crippen molar-refractivity contribution in [3.63, 3.8) is 0 Å². The number of benzene rings is 1. The first-order chi connectivity index (χ1) is 5.74. The summed E-state index contributed by atoms with van der Waals surface area (Å²) in [4.78, 5) is 0. The Hall–Kier alpha value is -1.42. The average molecular weight is 167 g/mol. The van der Waals surface area contributed by atoms with E-state index in [1.165, 1.54) is 0 Å². The van der Waals surface area contributed by atoms with Crippen LogP contribution in [0.2, 0.25) is 0 Å². The zero-order valence-corrected chi connectivity index (χ0v) is 6.75. The van der Waals surface area contributed by atoms with Gasteiger partial charge in [0.1, 0.15) is 0 Å². The molecular formula is C8H13N3O. The van der Waals surface area contributed by atoms with E-state index >= 15 is 0 Å². The number of aliphatic hydroxyl groups excluding tert-OH is 1. The zero-order chi connectivity index (χ0) is 8.97. The molecule has 0 unspecified atom stereocenters. The lowest BCUT2D eigenvalue weighted by Crippen LogP contribution is -2.07. The fourth-order valence-corrected chi connectivity index (χ4v) is 0.918. The SMILES string of the molecule is Nc1ccc(N)c(NCCO)c1. The van der Waals surface area contributed by atoms with Gasteiger partial charge in [0, 0.05) is 12.2 Å². The highest BCUT2D eigenvalue weighted by molar-refractivity contribution is 5.70. The molecule has 12 heavy (non-hydrogen) atoms. The number of hydrogen-bond donors (Lipinski definition) is 4. The summed E-state index contributed by atoms with van der Waals surface area (Å²) in [6, 6.07) is 5.21. The van der Waals surface area contributed by atoms with E-state index in [0.29, 0.717) is 17.9 Å². The summed E-state index contributed by atoms with van der Waals surface area (Å²) in [7, 11) is 0. The Morgan fingerprint density at radius 1 is 1.33 bits per heavy atom. The highest BCUT2D eigenvalue weighted by atomic mass is 16.3. The first-order valence-corrected chi connectivity index (χ1v) is 3.74. The van der Waals surface area contributed by atoms with Crippen molar-refractivity contribution in [3.05, 3.63) is 18.2 Å². The van der Waals surface area contributed by atoms with E-state index in [0.717, 1.165) is 5.69 Å². The minimum absolute atomic E-state index is 0.0776. The summed E-state index contributed by atoms with van der Waals surface area (Å²) in [5.41, 5.74) is 13.2. The Labute approximate surface area is 71.2 Å². The van der Waals surface area contributed by atoms with Gasteiger partial charge in [0.15, 0.2) is 0 Å². The van der Waals surface area contributed by atoms with E-state index in [1.54, 1.807) is 18.2 Å². The lowest BCUT2D eigenvalue weighted by molar-refractivity contribution is 0.311. The van der Waals surface area contributed by atoms with Crippen LogP contribution in [0.15, 0.2) is 18.2 Å². The van der Waals surface area contributed by atoms with E-state index < -0.39 is 0 Å². The molecule has 0 spiro atoms. The molecule has 0 bridgehead atoms. The van der Waals surface area contributed by atoms with Crippen molar-refractivity contribution in [2.24, 2.45) is 0 Å². The molecule has 4 nitrogen and oxygen atoms in total. The van der Waals surface area contributed by atoms with E-state index in [9.17, 15) is 0 Å². The molecule has 0 saturated heterocycles. The summed E-state index contributed by atoms with van der Waals surface area (Å²) in [6.07, 6.45) is 0. The number of aliphatic hydroxyl groups is 1. The first kappa shape index (κ1) is 8.67. The van der Waals surface area contributed by atoms with Gasteiger partial charge in [-0.2, -0.15) is 0 Å². The van der Waals surface area contributed by atoms with Crippen LogP contribution in [0.5, 0.6) is 0 Å². The minimum Gasteiger partial charge on any atom is -0.399 e. The standard InChI is InChI=1S/C8H13N3O/c9-6-1-2-7(10)8(5-6)11-3-4-12/h1-2,5,11-12H,3-4,9-10H2. The van der Waals surface area contributed by atoms with Crippen LogP contribution in [0.4, 0.5) is 17.1 Å². The largest absolute Gasteiger partial charge is 0.399 e. The maximum absolute atomic E-state index is 8.55. The molecule has 0 aliphatic carbocycles. The van der Waals surface area contributed by atoms with Crippen LogP contribution >= 0.6 is 0 Å². The maximum Gasteiger partial charge on any atom is 0.0604 e. The Kier molecular flexibility index (Phi) is 2.76. The molecular weight excluding hydrogens is 154 g/mol. The van der Waals surface area contributed by atoms with Crippen LogP contribution in [0.3, 0.4) is 0 Å². The molecule has 0 radical (unpaired) electrons. The van der Waals surface area contributed by atoms with Gasteiger partial charge in [-0.05, 0) is 18.2 Å². The van der Waals surface area contributed by atoms with Crippen molar-refractivity contribution < 1.29 is 5.11 Å². The molecule has 4 heteroatoms. The predicted molar refractivity (Wildman–Crippen MR) is 50.8 cm³/mol. The minimum atomic E-state index is 0.0776. The van der Waals surface area contributed by atoms with Crippen molar-refractivity contribution in [2.75, 3.05) is 29.9 Å². The Morgan fingerprint density at radius 3 is 2.75 bits per heavy atom. The topological polar surface area (TPSA) is 84.3 Å². The van der Waals surface area contributed by atoms with E-state index in [4.69, 9.17) is 16.6 Å². The molecule has 0 saturated carbocycles. The van der Waals surface area contributed by atoms with Crippen LogP contribution in [-0.4, -0.2) is 18.3 Å². The molecule has 1 aromatic rings. The molecule has 0 amide bonds. The van der Waals surface area contributed by atoms with Gasteiger partial charge in [-0.15, -0.1) is 0 Å². The second kappa shape index (κ2) is 3.82. The van der Waals surface area contributed by atoms with Gasteiger partial charge in [0.05, 0.1) is 18.0 Å². The smallest absolute Gasteiger partial charge is 0.0604 e. The predicted octanol–water partition coefficient (Wildman–Crippen LogP) is 0.255. The Bertz CT molecular complexity index is 262. The van der Waals surface area contributed by atoms with Crippen molar-refractivity contribution in [3.8, 4) is 0 Å². The molecule has 0 fully saturated rings. The first-order valence-electron chi connectivity index (χ1n) is 3.74. The van der Waals surface area contributed by atoms with Crippen LogP contribution in [0.1, 0.15) is 0 Å². The van der Waals surface area contributed by atoms with Gasteiger partial charge < -0.3 is 21.9 Å². The molecule has 1 rings (SSSR count). The Morgan fingerprint density at radius 2 is 2.08 bits per heavy atom. The fourth-order valence-electron chi connectivity index (χ4n) is 0.918. The van der Waals surface area contributed by atoms with Gasteiger partial charge in [-0.1, -0.05) is 0 Å². The molecule has 0 atom stereocenters. The highest BCUT2D eigenvalue weighted by Crippen LogP contribution is 2.20. The molecule has 0 aliphatic heterocycles. The van der Waals surface area contributed by atoms with E-state index in [1.807, 2.05) is 0 Å². The average Bonchev–Trinajstić information content (AvgIpc) is 2.07. The lowest BCUT2D eigenvalue weighted by Gasteiger charge is -2.07. The van der Waals surface area contributed by atoms with Gasteiger partial charge >= 0.3 is 0 Å². The van der Waals surface area contributed by atoms with E-state index in [2.05, 4.69) is 5.32 Å². The number of hydrogen-bond acceptors (Lipinski definition) is 4. The van der Waals surface area contributed by atoms with Gasteiger partial charge in [0.2, 0.25) is 0 Å². The van der Waals surface area contributed by atoms with Crippen LogP contribution < -0.4 is 16.8 Å².